The van der Waals surface area contributed by atoms with Crippen LogP contribution in [0.4, 0.5) is 19.1 Å². The predicted octanol–water partition coefficient (Wildman–Crippen LogP) is 4.47. The van der Waals surface area contributed by atoms with Crippen LogP contribution in [0.2, 0.25) is 0 Å². The Bertz CT molecular complexity index is 831. The number of halogens is 3. The number of anilines is 1. The lowest BCUT2D eigenvalue weighted by Crippen LogP contribution is -2.42. The van der Waals surface area contributed by atoms with Gasteiger partial charge >= 0.3 is 12.1 Å². The van der Waals surface area contributed by atoms with Crippen molar-refractivity contribution in [1.29, 1.82) is 0 Å². The Labute approximate surface area is 155 Å². The van der Waals surface area contributed by atoms with Gasteiger partial charge < -0.3 is 10.1 Å². The molecule has 1 fully saturated rings. The van der Waals surface area contributed by atoms with E-state index >= 15 is 0 Å². The highest BCUT2D eigenvalue weighted by atomic mass is 19.4. The van der Waals surface area contributed by atoms with E-state index in [-0.39, 0.29) is 17.7 Å². The summed E-state index contributed by atoms with van der Waals surface area (Å²) in [6.07, 6.45) is 0.861. The van der Waals surface area contributed by atoms with E-state index in [1.54, 1.807) is 13.0 Å². The van der Waals surface area contributed by atoms with Crippen molar-refractivity contribution in [2.24, 2.45) is 0 Å². The minimum absolute atomic E-state index is 0.187. The monoisotopic (exact) mass is 379 g/mol. The molecule has 0 bridgehead atoms. The number of aromatic nitrogens is 2. The maximum absolute atomic E-state index is 13.0. The van der Waals surface area contributed by atoms with Crippen LogP contribution in [0, 0.1) is 6.92 Å². The zero-order valence-electron chi connectivity index (χ0n) is 15.1. The van der Waals surface area contributed by atoms with Crippen LogP contribution >= 0.6 is 0 Å². The third-order valence-corrected chi connectivity index (χ3v) is 4.81. The van der Waals surface area contributed by atoms with E-state index in [1.807, 2.05) is 0 Å². The van der Waals surface area contributed by atoms with Gasteiger partial charge in [-0.25, -0.2) is 14.8 Å². The van der Waals surface area contributed by atoms with Crippen LogP contribution in [-0.2, 0) is 16.5 Å². The first-order chi connectivity index (χ1) is 12.7. The van der Waals surface area contributed by atoms with Crippen LogP contribution in [0.15, 0.2) is 30.6 Å². The molecule has 0 amide bonds. The Morgan fingerprint density at radius 3 is 2.41 bits per heavy atom. The molecule has 0 saturated heterocycles. The van der Waals surface area contributed by atoms with E-state index < -0.39 is 23.2 Å². The lowest BCUT2D eigenvalue weighted by Gasteiger charge is -2.43. The third-order valence-electron chi connectivity index (χ3n) is 4.81. The number of alkyl halides is 3. The number of aryl methyl sites for hydroxylation is 1. The van der Waals surface area contributed by atoms with Crippen LogP contribution in [-0.4, -0.2) is 22.5 Å². The van der Waals surface area contributed by atoms with Gasteiger partial charge in [0.05, 0.1) is 23.3 Å². The standard InChI is InChI=1S/C19H20F3N3O2/c1-3-27-16(26)13-10-23-17(24-11-13)25-18(7-4-8-18)14-5-6-15(12(2)9-14)19(20,21)22/h5-6,9-11H,3-4,7-8H2,1-2H3,(H,23,24,25). The second kappa shape index (κ2) is 7.17. The topological polar surface area (TPSA) is 64.1 Å². The molecule has 0 spiro atoms. The van der Waals surface area contributed by atoms with Crippen molar-refractivity contribution in [3.05, 3.63) is 52.8 Å². The highest BCUT2D eigenvalue weighted by Crippen LogP contribution is 2.45. The number of rotatable bonds is 5. The predicted molar refractivity (Wildman–Crippen MR) is 93.3 cm³/mol. The molecule has 2 aromatic rings. The Balaban J connectivity index is 1.82. The summed E-state index contributed by atoms with van der Waals surface area (Å²) in [7, 11) is 0. The zero-order valence-corrected chi connectivity index (χ0v) is 15.1. The van der Waals surface area contributed by atoms with E-state index in [2.05, 4.69) is 15.3 Å². The molecule has 5 nitrogen and oxygen atoms in total. The molecule has 144 valence electrons. The molecule has 0 radical (unpaired) electrons. The lowest BCUT2D eigenvalue weighted by molar-refractivity contribution is -0.138. The first kappa shape index (κ1) is 19.1. The minimum atomic E-state index is -4.37. The minimum Gasteiger partial charge on any atom is -0.462 e. The van der Waals surface area contributed by atoms with Gasteiger partial charge in [0.2, 0.25) is 5.95 Å². The van der Waals surface area contributed by atoms with Gasteiger partial charge in [0, 0.05) is 12.4 Å². The first-order valence-electron chi connectivity index (χ1n) is 8.71. The number of benzene rings is 1. The van der Waals surface area contributed by atoms with Crippen LogP contribution in [0.3, 0.4) is 0 Å². The summed E-state index contributed by atoms with van der Waals surface area (Å²) < 4.78 is 43.9. The summed E-state index contributed by atoms with van der Waals surface area (Å²) in [5.74, 6) is -0.180. The van der Waals surface area contributed by atoms with Crippen LogP contribution < -0.4 is 5.32 Å². The summed E-state index contributed by atoms with van der Waals surface area (Å²) in [5, 5.41) is 3.24. The van der Waals surface area contributed by atoms with Crippen LogP contribution in [0.5, 0.6) is 0 Å². The molecule has 1 aromatic carbocycles. The van der Waals surface area contributed by atoms with Gasteiger partial charge in [-0.2, -0.15) is 13.2 Å². The zero-order chi connectivity index (χ0) is 19.7. The fourth-order valence-corrected chi connectivity index (χ4v) is 3.22. The number of hydrogen-bond donors (Lipinski definition) is 1. The molecule has 1 N–H and O–H groups in total. The Morgan fingerprint density at radius 1 is 1.26 bits per heavy atom. The normalized spacial score (nSPS) is 15.7. The molecular formula is C19H20F3N3O2. The van der Waals surface area contributed by atoms with Crippen LogP contribution in [0.25, 0.3) is 0 Å². The van der Waals surface area contributed by atoms with Gasteiger partial charge in [0.25, 0.3) is 0 Å². The van der Waals surface area contributed by atoms with Crippen molar-refractivity contribution in [3.8, 4) is 0 Å². The second-order valence-electron chi connectivity index (χ2n) is 6.60. The highest BCUT2D eigenvalue weighted by molar-refractivity contribution is 5.88. The van der Waals surface area contributed by atoms with Crippen LogP contribution in [0.1, 0.15) is 53.2 Å². The molecule has 1 aliphatic carbocycles. The molecule has 1 heterocycles. The summed E-state index contributed by atoms with van der Waals surface area (Å²) in [6.45, 7) is 3.43. The molecule has 1 aliphatic rings. The van der Waals surface area contributed by atoms with E-state index in [0.29, 0.717) is 5.95 Å². The van der Waals surface area contributed by atoms with Crippen molar-refractivity contribution in [3.63, 3.8) is 0 Å². The molecule has 3 rings (SSSR count). The summed E-state index contributed by atoms with van der Waals surface area (Å²) in [5.41, 5.74) is 0.0792. The fraction of sp³-hybridized carbons (Fsp3) is 0.421. The second-order valence-corrected chi connectivity index (χ2v) is 6.60. The molecule has 0 aliphatic heterocycles. The first-order valence-corrected chi connectivity index (χ1v) is 8.71. The van der Waals surface area contributed by atoms with E-state index in [0.717, 1.165) is 30.9 Å². The number of carbonyl (C=O) groups is 1. The van der Waals surface area contributed by atoms with E-state index in [4.69, 9.17) is 4.74 Å². The Morgan fingerprint density at radius 2 is 1.93 bits per heavy atom. The molecular weight excluding hydrogens is 359 g/mol. The van der Waals surface area contributed by atoms with Gasteiger partial charge in [-0.05, 0) is 50.3 Å². The van der Waals surface area contributed by atoms with E-state index in [1.165, 1.54) is 25.4 Å². The number of nitrogens with one attached hydrogen (secondary N) is 1. The Kier molecular flexibility index (Phi) is 5.08. The summed E-state index contributed by atoms with van der Waals surface area (Å²) >= 11 is 0. The smallest absolute Gasteiger partial charge is 0.416 e. The van der Waals surface area contributed by atoms with Gasteiger partial charge in [0.1, 0.15) is 0 Å². The molecule has 0 unspecified atom stereocenters. The maximum Gasteiger partial charge on any atom is 0.416 e. The highest BCUT2D eigenvalue weighted by Gasteiger charge is 2.40. The quantitative estimate of drug-likeness (QED) is 0.777. The lowest BCUT2D eigenvalue weighted by atomic mass is 9.71. The number of nitrogens with zero attached hydrogens (tertiary/aromatic N) is 2. The van der Waals surface area contributed by atoms with Crippen molar-refractivity contribution < 1.29 is 22.7 Å². The van der Waals surface area contributed by atoms with Crippen molar-refractivity contribution in [1.82, 2.24) is 9.97 Å². The molecule has 1 aromatic heterocycles. The SMILES string of the molecule is CCOC(=O)c1cnc(NC2(c3ccc(C(F)(F)F)c(C)c3)CCC2)nc1. The fourth-order valence-electron chi connectivity index (χ4n) is 3.22. The van der Waals surface area contributed by atoms with Crippen molar-refractivity contribution >= 4 is 11.9 Å². The van der Waals surface area contributed by atoms with Crippen molar-refractivity contribution in [2.45, 2.75) is 44.8 Å². The number of ether oxygens (including phenoxy) is 1. The molecule has 8 heteroatoms. The number of esters is 1. The maximum atomic E-state index is 13.0. The van der Waals surface area contributed by atoms with E-state index in [9.17, 15) is 18.0 Å². The molecule has 1 saturated carbocycles. The average Bonchev–Trinajstić information content (AvgIpc) is 2.57. The largest absolute Gasteiger partial charge is 0.462 e. The van der Waals surface area contributed by atoms with Crippen molar-refractivity contribution in [2.75, 3.05) is 11.9 Å². The van der Waals surface area contributed by atoms with Gasteiger partial charge in [-0.1, -0.05) is 12.1 Å². The summed E-state index contributed by atoms with van der Waals surface area (Å²) in [4.78, 5) is 20.0. The van der Waals surface area contributed by atoms with Gasteiger partial charge in [-0.15, -0.1) is 0 Å². The molecule has 27 heavy (non-hydrogen) atoms. The Hall–Kier alpha value is -2.64. The molecule has 0 atom stereocenters. The number of carbonyl (C=O) groups excluding carboxylic acids is 1. The third kappa shape index (κ3) is 3.89. The van der Waals surface area contributed by atoms with Gasteiger partial charge in [0.15, 0.2) is 0 Å². The average molecular weight is 379 g/mol. The van der Waals surface area contributed by atoms with Gasteiger partial charge in [-0.3, -0.25) is 0 Å². The summed E-state index contributed by atoms with van der Waals surface area (Å²) in [6, 6.07) is 4.20. The number of hydrogen-bond acceptors (Lipinski definition) is 5.